The van der Waals surface area contributed by atoms with Crippen LogP contribution in [0.2, 0.25) is 0 Å². The van der Waals surface area contributed by atoms with Crippen LogP contribution in [0.25, 0.3) is 0 Å². The first-order valence-corrected chi connectivity index (χ1v) is 6.72. The van der Waals surface area contributed by atoms with Crippen molar-refractivity contribution in [3.05, 3.63) is 35.4 Å². The summed E-state index contributed by atoms with van der Waals surface area (Å²) in [6.07, 6.45) is 1.02. The summed E-state index contributed by atoms with van der Waals surface area (Å²) in [5.41, 5.74) is 0.0372. The van der Waals surface area contributed by atoms with E-state index in [1.54, 1.807) is 12.1 Å². The van der Waals surface area contributed by atoms with E-state index < -0.39 is 6.43 Å². The Labute approximate surface area is 110 Å². The van der Waals surface area contributed by atoms with E-state index >= 15 is 0 Å². The molecule has 1 aromatic carbocycles. The first kappa shape index (κ1) is 12.7. The summed E-state index contributed by atoms with van der Waals surface area (Å²) in [6.45, 7) is 0. The molecule has 0 N–H and O–H groups in total. The minimum atomic E-state index is -2.60. The molecular weight excluding hydrogens is 250 g/mol. The van der Waals surface area contributed by atoms with Crippen LogP contribution in [0, 0.1) is 5.92 Å². The second kappa shape index (κ2) is 5.00. The molecule has 2 heterocycles. The average Bonchev–Trinajstić information content (AvgIpc) is 2.76. The minimum absolute atomic E-state index is 0.142. The normalized spacial score (nSPS) is 29.7. The maximum absolute atomic E-state index is 12.9. The zero-order valence-corrected chi connectivity index (χ0v) is 10.5. The van der Waals surface area contributed by atoms with Gasteiger partial charge in [0.15, 0.2) is 5.78 Å². The SMILES string of the molecule is O=C(c1ccccc1C(F)F)C1CC2CCC(C1)O2. The summed E-state index contributed by atoms with van der Waals surface area (Å²) in [5, 5.41) is 0. The van der Waals surface area contributed by atoms with Crippen LogP contribution >= 0.6 is 0 Å². The summed E-state index contributed by atoms with van der Waals surface area (Å²) >= 11 is 0. The van der Waals surface area contributed by atoms with Crippen molar-refractivity contribution < 1.29 is 18.3 Å². The van der Waals surface area contributed by atoms with E-state index in [2.05, 4.69) is 0 Å². The van der Waals surface area contributed by atoms with Gasteiger partial charge in [-0.05, 0) is 25.7 Å². The molecule has 2 atom stereocenters. The molecule has 2 unspecified atom stereocenters. The second-order valence-corrected chi connectivity index (χ2v) is 5.38. The zero-order chi connectivity index (χ0) is 13.4. The molecule has 102 valence electrons. The molecule has 2 fully saturated rings. The van der Waals surface area contributed by atoms with Gasteiger partial charge in [0.2, 0.25) is 0 Å². The van der Waals surface area contributed by atoms with E-state index in [1.807, 2.05) is 0 Å². The molecule has 2 aliphatic heterocycles. The number of carbonyl (C=O) groups is 1. The highest BCUT2D eigenvalue weighted by molar-refractivity contribution is 5.99. The van der Waals surface area contributed by atoms with Crippen molar-refractivity contribution in [1.82, 2.24) is 0 Å². The number of hydrogen-bond acceptors (Lipinski definition) is 2. The quantitative estimate of drug-likeness (QED) is 0.778. The highest BCUT2D eigenvalue weighted by atomic mass is 19.3. The largest absolute Gasteiger partial charge is 0.375 e. The Morgan fingerprint density at radius 2 is 1.79 bits per heavy atom. The van der Waals surface area contributed by atoms with Crippen LogP contribution in [0.3, 0.4) is 0 Å². The van der Waals surface area contributed by atoms with E-state index in [1.165, 1.54) is 12.1 Å². The molecule has 0 aliphatic carbocycles. The third kappa shape index (κ3) is 2.41. The number of Topliss-reactive ketones (excluding diaryl/α,β-unsaturated/α-hetero) is 1. The van der Waals surface area contributed by atoms with Crippen molar-refractivity contribution in [2.24, 2.45) is 5.92 Å². The molecule has 2 saturated heterocycles. The molecular formula is C15H16F2O2. The zero-order valence-electron chi connectivity index (χ0n) is 10.5. The van der Waals surface area contributed by atoms with Gasteiger partial charge < -0.3 is 4.74 Å². The van der Waals surface area contributed by atoms with Crippen LogP contribution < -0.4 is 0 Å². The Balaban J connectivity index is 1.84. The van der Waals surface area contributed by atoms with Gasteiger partial charge in [0.1, 0.15) is 0 Å². The summed E-state index contributed by atoms with van der Waals surface area (Å²) < 4.78 is 31.6. The van der Waals surface area contributed by atoms with Gasteiger partial charge in [-0.1, -0.05) is 24.3 Å². The fourth-order valence-corrected chi connectivity index (χ4v) is 3.20. The second-order valence-electron chi connectivity index (χ2n) is 5.38. The Kier molecular flexibility index (Phi) is 3.35. The van der Waals surface area contributed by atoms with Gasteiger partial charge in [0.05, 0.1) is 12.2 Å². The summed E-state index contributed by atoms with van der Waals surface area (Å²) in [5.74, 6) is -0.303. The predicted molar refractivity (Wildman–Crippen MR) is 66.3 cm³/mol. The molecule has 3 rings (SSSR count). The Morgan fingerprint density at radius 3 is 2.42 bits per heavy atom. The molecule has 2 nitrogen and oxygen atoms in total. The lowest BCUT2D eigenvalue weighted by atomic mass is 9.86. The van der Waals surface area contributed by atoms with Crippen LogP contribution in [-0.4, -0.2) is 18.0 Å². The number of hydrogen-bond donors (Lipinski definition) is 0. The fraction of sp³-hybridized carbons (Fsp3) is 0.533. The lowest BCUT2D eigenvalue weighted by Gasteiger charge is -2.27. The van der Waals surface area contributed by atoms with Crippen LogP contribution in [0.15, 0.2) is 24.3 Å². The van der Waals surface area contributed by atoms with E-state index in [9.17, 15) is 13.6 Å². The van der Waals surface area contributed by atoms with Crippen molar-refractivity contribution in [1.29, 1.82) is 0 Å². The number of halogens is 2. The molecule has 0 amide bonds. The highest BCUT2D eigenvalue weighted by Gasteiger charge is 2.38. The summed E-state index contributed by atoms with van der Waals surface area (Å²) in [7, 11) is 0. The van der Waals surface area contributed by atoms with Crippen LogP contribution in [-0.2, 0) is 4.74 Å². The van der Waals surface area contributed by atoms with Gasteiger partial charge in [0.25, 0.3) is 6.43 Å². The number of ketones is 1. The Bertz CT molecular complexity index is 475. The van der Waals surface area contributed by atoms with Gasteiger partial charge in [-0.3, -0.25) is 4.79 Å². The van der Waals surface area contributed by atoms with Crippen molar-refractivity contribution in [3.63, 3.8) is 0 Å². The van der Waals surface area contributed by atoms with Gasteiger partial charge in [-0.2, -0.15) is 0 Å². The molecule has 1 aromatic rings. The van der Waals surface area contributed by atoms with Gasteiger partial charge >= 0.3 is 0 Å². The highest BCUT2D eigenvalue weighted by Crippen LogP contribution is 2.38. The average molecular weight is 266 g/mol. The lowest BCUT2D eigenvalue weighted by Crippen LogP contribution is -2.30. The van der Waals surface area contributed by atoms with E-state index in [0.717, 1.165) is 12.8 Å². The predicted octanol–water partition coefficient (Wildman–Crippen LogP) is 3.76. The first-order chi connectivity index (χ1) is 9.15. The number of benzene rings is 1. The monoisotopic (exact) mass is 266 g/mol. The molecule has 2 bridgehead atoms. The first-order valence-electron chi connectivity index (χ1n) is 6.72. The maximum Gasteiger partial charge on any atom is 0.264 e. The van der Waals surface area contributed by atoms with Crippen molar-refractivity contribution in [3.8, 4) is 0 Å². The lowest BCUT2D eigenvalue weighted by molar-refractivity contribution is -0.0150. The number of fused-ring (bicyclic) bond motifs is 2. The molecule has 0 radical (unpaired) electrons. The molecule has 0 aromatic heterocycles. The third-order valence-corrected chi connectivity index (χ3v) is 4.12. The molecule has 4 heteroatoms. The third-order valence-electron chi connectivity index (χ3n) is 4.12. The van der Waals surface area contributed by atoms with Crippen LogP contribution in [0.4, 0.5) is 8.78 Å². The van der Waals surface area contributed by atoms with Gasteiger partial charge in [-0.25, -0.2) is 8.78 Å². The van der Waals surface area contributed by atoms with Crippen LogP contribution in [0.5, 0.6) is 0 Å². The Morgan fingerprint density at radius 1 is 1.16 bits per heavy atom. The summed E-state index contributed by atoms with van der Waals surface area (Å²) in [4.78, 5) is 12.5. The number of carbonyl (C=O) groups excluding carboxylic acids is 1. The van der Waals surface area contributed by atoms with E-state index in [0.29, 0.717) is 12.8 Å². The van der Waals surface area contributed by atoms with Gasteiger partial charge in [0, 0.05) is 17.0 Å². The maximum atomic E-state index is 12.9. The topological polar surface area (TPSA) is 26.3 Å². The van der Waals surface area contributed by atoms with E-state index in [4.69, 9.17) is 4.74 Å². The number of ether oxygens (including phenoxy) is 1. The van der Waals surface area contributed by atoms with Crippen molar-refractivity contribution in [2.75, 3.05) is 0 Å². The number of rotatable bonds is 3. The standard InChI is InChI=1S/C15H16F2O2/c16-15(17)13-4-2-1-3-12(13)14(18)9-7-10-5-6-11(8-9)19-10/h1-4,9-11,15H,5-8H2. The van der Waals surface area contributed by atoms with Gasteiger partial charge in [-0.15, -0.1) is 0 Å². The van der Waals surface area contributed by atoms with Crippen LogP contribution in [0.1, 0.15) is 48.0 Å². The van der Waals surface area contributed by atoms with Crippen molar-refractivity contribution in [2.45, 2.75) is 44.3 Å². The smallest absolute Gasteiger partial charge is 0.264 e. The molecule has 0 saturated carbocycles. The van der Waals surface area contributed by atoms with Crippen molar-refractivity contribution >= 4 is 5.78 Å². The number of alkyl halides is 2. The fourth-order valence-electron chi connectivity index (χ4n) is 3.20. The Hall–Kier alpha value is -1.29. The summed E-state index contributed by atoms with van der Waals surface area (Å²) in [6, 6.07) is 6.05. The molecule has 19 heavy (non-hydrogen) atoms. The molecule has 0 spiro atoms. The molecule has 2 aliphatic rings. The van der Waals surface area contributed by atoms with E-state index in [-0.39, 0.29) is 35.0 Å². The minimum Gasteiger partial charge on any atom is -0.375 e.